The van der Waals surface area contributed by atoms with Crippen LogP contribution in [0.1, 0.15) is 30.0 Å². The summed E-state index contributed by atoms with van der Waals surface area (Å²) in [5.74, 6) is -0.710. The zero-order valence-corrected chi connectivity index (χ0v) is 18.1. The fraction of sp³-hybridized carbons (Fsp3) is 0.353. The van der Waals surface area contributed by atoms with Gasteiger partial charge in [-0.15, -0.1) is 0 Å². The molecular weight excluding hydrogens is 485 g/mol. The molecule has 2 aromatic rings. The Hall–Kier alpha value is -1.95. The smallest absolute Gasteiger partial charge is 0.358 e. The molecule has 146 valence electrons. The summed E-state index contributed by atoms with van der Waals surface area (Å²) in [5.41, 5.74) is 0.306. The Morgan fingerprint density at radius 1 is 1.22 bits per heavy atom. The number of hydrogen-bond donors (Lipinski definition) is 1. The van der Waals surface area contributed by atoms with E-state index in [9.17, 15) is 13.2 Å². The van der Waals surface area contributed by atoms with Crippen LogP contribution in [0.2, 0.25) is 0 Å². The van der Waals surface area contributed by atoms with Gasteiger partial charge in [-0.3, -0.25) is 4.72 Å². The number of methoxy groups -OCH3 is 1. The number of benzene rings is 1. The zero-order valence-electron chi connectivity index (χ0n) is 15.1. The maximum absolute atomic E-state index is 12.6. The lowest BCUT2D eigenvalue weighted by Gasteiger charge is -2.14. The van der Waals surface area contributed by atoms with Gasteiger partial charge in [-0.1, -0.05) is 54.6 Å². The highest BCUT2D eigenvalue weighted by Crippen LogP contribution is 2.26. The van der Waals surface area contributed by atoms with Crippen LogP contribution in [0.5, 0.6) is 5.88 Å². The number of carbonyl (C=O) groups excluding carboxylic acids is 1. The van der Waals surface area contributed by atoms with Crippen molar-refractivity contribution in [3.05, 3.63) is 41.7 Å². The minimum atomic E-state index is -3.92. The molecule has 27 heavy (non-hydrogen) atoms. The number of nitrogens with one attached hydrogen (secondary N) is 1. The maximum atomic E-state index is 12.6. The predicted octanol–water partition coefficient (Wildman–Crippen LogP) is 3.03. The van der Waals surface area contributed by atoms with E-state index in [0.717, 1.165) is 0 Å². The third-order valence-corrected chi connectivity index (χ3v) is 5.36. The number of hydrogen-bond acceptors (Lipinski definition) is 7. The van der Waals surface area contributed by atoms with Crippen molar-refractivity contribution in [2.24, 2.45) is 5.92 Å². The van der Waals surface area contributed by atoms with E-state index >= 15 is 0 Å². The van der Waals surface area contributed by atoms with Crippen LogP contribution < -0.4 is 9.46 Å². The number of sulfonamides is 1. The summed E-state index contributed by atoms with van der Waals surface area (Å²) in [6, 6.07) is 7.80. The average Bonchev–Trinajstić information content (AvgIpc) is 2.66. The lowest BCUT2D eigenvalue weighted by Crippen LogP contribution is -2.19. The van der Waals surface area contributed by atoms with Gasteiger partial charge in [0.05, 0.1) is 24.3 Å². The molecule has 0 aliphatic carbocycles. The Labute approximate surface area is 171 Å². The van der Waals surface area contributed by atoms with Gasteiger partial charge in [-0.25, -0.2) is 23.2 Å². The number of ether oxygens (including phenoxy) is 2. The molecule has 10 heteroatoms. The monoisotopic (exact) mass is 505 g/mol. The molecule has 1 heterocycles. The standard InChI is InChI=1S/C17H20IN3O5S/c1-11(2)10-26-17(22)14-13(9-18)19-16(25-3)15(20-14)21-27(23,24)12-7-5-4-6-8-12/h4-8,11H,9-10H2,1-3H3,(H,20,21). The number of aromatic nitrogens is 2. The van der Waals surface area contributed by atoms with Crippen LogP contribution in [0.4, 0.5) is 5.82 Å². The van der Waals surface area contributed by atoms with Crippen molar-refractivity contribution in [3.63, 3.8) is 0 Å². The summed E-state index contributed by atoms with van der Waals surface area (Å²) in [4.78, 5) is 20.8. The first-order valence-corrected chi connectivity index (χ1v) is 11.0. The fourth-order valence-corrected chi connectivity index (χ4v) is 3.57. The Bertz CT molecular complexity index is 904. The van der Waals surface area contributed by atoms with Crippen molar-refractivity contribution in [1.82, 2.24) is 9.97 Å². The number of carbonyl (C=O) groups is 1. The first-order chi connectivity index (χ1) is 12.8. The first kappa shape index (κ1) is 21.4. The van der Waals surface area contributed by atoms with Gasteiger partial charge in [0.15, 0.2) is 5.69 Å². The van der Waals surface area contributed by atoms with Gasteiger partial charge < -0.3 is 9.47 Å². The number of anilines is 1. The van der Waals surface area contributed by atoms with E-state index in [4.69, 9.17) is 9.47 Å². The molecule has 0 atom stereocenters. The van der Waals surface area contributed by atoms with E-state index in [0.29, 0.717) is 10.1 Å². The highest BCUT2D eigenvalue weighted by Gasteiger charge is 2.24. The van der Waals surface area contributed by atoms with E-state index in [-0.39, 0.29) is 34.8 Å². The van der Waals surface area contributed by atoms with Crippen LogP contribution in [-0.2, 0) is 19.2 Å². The topological polar surface area (TPSA) is 107 Å². The molecule has 1 N–H and O–H groups in total. The van der Waals surface area contributed by atoms with Gasteiger partial charge in [-0.05, 0) is 18.1 Å². The number of rotatable bonds is 8. The van der Waals surface area contributed by atoms with Gasteiger partial charge in [0.25, 0.3) is 15.9 Å². The Morgan fingerprint density at radius 2 is 1.89 bits per heavy atom. The van der Waals surface area contributed by atoms with E-state index in [1.807, 2.05) is 36.4 Å². The van der Waals surface area contributed by atoms with E-state index in [1.165, 1.54) is 19.2 Å². The molecule has 2 rings (SSSR count). The molecule has 0 unspecified atom stereocenters. The molecule has 0 radical (unpaired) electrons. The lowest BCUT2D eigenvalue weighted by molar-refractivity contribution is 0.0450. The SMILES string of the molecule is COc1nc(CI)c(C(=O)OCC(C)C)nc1NS(=O)(=O)c1ccccc1. The Morgan fingerprint density at radius 3 is 2.44 bits per heavy atom. The van der Waals surface area contributed by atoms with Crippen LogP contribution in [0.25, 0.3) is 0 Å². The van der Waals surface area contributed by atoms with Crippen molar-refractivity contribution in [3.8, 4) is 5.88 Å². The Kier molecular flexibility index (Phi) is 7.36. The van der Waals surface area contributed by atoms with Crippen LogP contribution in [-0.4, -0.2) is 38.1 Å². The molecule has 0 spiro atoms. The maximum Gasteiger partial charge on any atom is 0.358 e. The number of nitrogens with zero attached hydrogens (tertiary/aromatic N) is 2. The second-order valence-corrected chi connectivity index (χ2v) is 8.37. The molecule has 0 saturated carbocycles. The third-order valence-electron chi connectivity index (χ3n) is 3.28. The number of esters is 1. The van der Waals surface area contributed by atoms with Gasteiger partial charge in [0, 0.05) is 4.43 Å². The molecule has 0 amide bonds. The van der Waals surface area contributed by atoms with Crippen molar-refractivity contribution >= 4 is 44.4 Å². The molecule has 0 aliphatic rings. The van der Waals surface area contributed by atoms with Crippen LogP contribution in [0.3, 0.4) is 0 Å². The summed E-state index contributed by atoms with van der Waals surface area (Å²) in [6.07, 6.45) is 0. The average molecular weight is 505 g/mol. The third kappa shape index (κ3) is 5.51. The van der Waals surface area contributed by atoms with Gasteiger partial charge in [-0.2, -0.15) is 0 Å². The summed E-state index contributed by atoms with van der Waals surface area (Å²) < 4.78 is 38.2. The molecule has 1 aromatic heterocycles. The van der Waals surface area contributed by atoms with Crippen LogP contribution in [0.15, 0.2) is 35.2 Å². The Balaban J connectivity index is 2.43. The zero-order chi connectivity index (χ0) is 20.0. The van der Waals surface area contributed by atoms with Gasteiger partial charge >= 0.3 is 5.97 Å². The summed E-state index contributed by atoms with van der Waals surface area (Å²) >= 11 is 2.03. The fourth-order valence-electron chi connectivity index (χ4n) is 2.01. The molecule has 1 aromatic carbocycles. The first-order valence-electron chi connectivity index (χ1n) is 8.04. The molecular formula is C17H20IN3O5S. The highest BCUT2D eigenvalue weighted by atomic mass is 127. The summed E-state index contributed by atoms with van der Waals surface area (Å²) in [7, 11) is -2.57. The summed E-state index contributed by atoms with van der Waals surface area (Å²) in [5, 5.41) is 0. The number of alkyl halides is 1. The van der Waals surface area contributed by atoms with Gasteiger partial charge in [0.2, 0.25) is 5.82 Å². The second-order valence-electron chi connectivity index (χ2n) is 5.92. The number of halogens is 1. The van der Waals surface area contributed by atoms with E-state index in [1.54, 1.807) is 18.2 Å². The highest BCUT2D eigenvalue weighted by molar-refractivity contribution is 14.1. The second kappa shape index (κ2) is 9.31. The largest absolute Gasteiger partial charge is 0.478 e. The van der Waals surface area contributed by atoms with Crippen LogP contribution >= 0.6 is 22.6 Å². The minimum Gasteiger partial charge on any atom is -0.478 e. The van der Waals surface area contributed by atoms with E-state index in [2.05, 4.69) is 14.7 Å². The molecule has 0 aliphatic heterocycles. The molecule has 0 saturated heterocycles. The van der Waals surface area contributed by atoms with E-state index < -0.39 is 16.0 Å². The van der Waals surface area contributed by atoms with Crippen LogP contribution in [0, 0.1) is 5.92 Å². The molecule has 0 bridgehead atoms. The predicted molar refractivity (Wildman–Crippen MR) is 109 cm³/mol. The van der Waals surface area contributed by atoms with Crippen molar-refractivity contribution in [1.29, 1.82) is 0 Å². The molecule has 8 nitrogen and oxygen atoms in total. The van der Waals surface area contributed by atoms with Crippen molar-refractivity contribution < 1.29 is 22.7 Å². The van der Waals surface area contributed by atoms with Gasteiger partial charge in [0.1, 0.15) is 0 Å². The quantitative estimate of drug-likeness (QED) is 0.334. The van der Waals surface area contributed by atoms with Crippen molar-refractivity contribution in [2.75, 3.05) is 18.4 Å². The summed E-state index contributed by atoms with van der Waals surface area (Å²) in [6.45, 7) is 4.04. The van der Waals surface area contributed by atoms with Crippen molar-refractivity contribution in [2.45, 2.75) is 23.2 Å². The lowest BCUT2D eigenvalue weighted by atomic mass is 10.2. The normalized spacial score (nSPS) is 11.3. The molecule has 0 fully saturated rings. The minimum absolute atomic E-state index is 0.0263.